The fourth-order valence-electron chi connectivity index (χ4n) is 0.0373. The zero-order valence-electron chi connectivity index (χ0n) is 4.05. The van der Waals surface area contributed by atoms with Crippen molar-refractivity contribution in [3.8, 4) is 0 Å². The van der Waals surface area contributed by atoms with Crippen LogP contribution in [0.4, 0.5) is 0 Å². The fraction of sp³-hybridized carbons (Fsp3) is 0.500. The maximum Gasteiger partial charge on any atom is 1.00 e. The third-order valence-electron chi connectivity index (χ3n) is 0.268. The van der Waals surface area contributed by atoms with Crippen LogP contribution in [0.25, 0.3) is 0 Å². The Balaban J connectivity index is 0. The van der Waals surface area contributed by atoms with Gasteiger partial charge < -0.3 is 5.73 Å². The van der Waals surface area contributed by atoms with Crippen molar-refractivity contribution in [3.63, 3.8) is 0 Å². The molecule has 0 aromatic rings. The normalized spacial score (nSPS) is 6.57. The van der Waals surface area contributed by atoms with Crippen LogP contribution in [-0.2, 0) is 9.68 Å². The standard InChI is InChI=1S/C2H5NO3.Na/c3-1-2(4)6-5;/h5H,1,3H2;/q;+1. The van der Waals surface area contributed by atoms with Crippen molar-refractivity contribution in [2.45, 2.75) is 0 Å². The van der Waals surface area contributed by atoms with Crippen molar-refractivity contribution in [2.75, 3.05) is 6.54 Å². The Morgan fingerprint density at radius 3 is 2.29 bits per heavy atom. The SMILES string of the molecule is NCC(=O)OO.[Na+]. The van der Waals surface area contributed by atoms with Crippen LogP contribution in [0.1, 0.15) is 0 Å². The van der Waals surface area contributed by atoms with Gasteiger partial charge in [-0.3, -0.25) is 4.89 Å². The van der Waals surface area contributed by atoms with E-state index in [1.54, 1.807) is 0 Å². The number of rotatable bonds is 1. The zero-order valence-corrected chi connectivity index (χ0v) is 6.05. The van der Waals surface area contributed by atoms with Gasteiger partial charge in [0, 0.05) is 0 Å². The molecule has 0 aromatic carbocycles. The van der Waals surface area contributed by atoms with Crippen molar-refractivity contribution in [3.05, 3.63) is 0 Å². The molecule has 0 spiro atoms. The third kappa shape index (κ3) is 6.39. The summed E-state index contributed by atoms with van der Waals surface area (Å²) in [5.74, 6) is -0.824. The maximum absolute atomic E-state index is 9.58. The predicted octanol–water partition coefficient (Wildman–Crippen LogP) is -4.03. The zero-order chi connectivity index (χ0) is 4.99. The van der Waals surface area contributed by atoms with Gasteiger partial charge in [0.05, 0.1) is 6.54 Å². The van der Waals surface area contributed by atoms with E-state index < -0.39 is 5.97 Å². The first-order valence-electron chi connectivity index (χ1n) is 1.35. The number of hydrogen-bond acceptors (Lipinski definition) is 4. The van der Waals surface area contributed by atoms with Gasteiger partial charge >= 0.3 is 35.5 Å². The molecule has 0 aromatic heterocycles. The van der Waals surface area contributed by atoms with Crippen LogP contribution in [0.5, 0.6) is 0 Å². The maximum atomic E-state index is 9.58. The molecular weight excluding hydrogens is 109 g/mol. The van der Waals surface area contributed by atoms with E-state index in [0.29, 0.717) is 0 Å². The fourth-order valence-corrected chi connectivity index (χ4v) is 0.0373. The van der Waals surface area contributed by atoms with E-state index in [2.05, 4.69) is 10.6 Å². The first kappa shape index (κ1) is 10.4. The largest absolute Gasteiger partial charge is 1.00 e. The van der Waals surface area contributed by atoms with Gasteiger partial charge in [0.1, 0.15) is 0 Å². The van der Waals surface area contributed by atoms with Crippen molar-refractivity contribution >= 4 is 5.97 Å². The van der Waals surface area contributed by atoms with Gasteiger partial charge in [-0.1, -0.05) is 0 Å². The number of hydrogen-bond donors (Lipinski definition) is 2. The quantitative estimate of drug-likeness (QED) is 0.207. The molecule has 0 heterocycles. The summed E-state index contributed by atoms with van der Waals surface area (Å²) in [6, 6.07) is 0. The minimum absolute atomic E-state index is 0. The molecular formula is C2H5NNaO3+. The summed E-state index contributed by atoms with van der Waals surface area (Å²) in [5, 5.41) is 7.41. The van der Waals surface area contributed by atoms with Gasteiger partial charge in [-0.25, -0.2) is 4.79 Å². The molecule has 0 aliphatic carbocycles. The minimum Gasteiger partial charge on any atom is -0.321 e. The van der Waals surface area contributed by atoms with Crippen LogP contribution in [0.3, 0.4) is 0 Å². The van der Waals surface area contributed by atoms with E-state index in [4.69, 9.17) is 5.26 Å². The van der Waals surface area contributed by atoms with Crippen molar-refractivity contribution < 1.29 is 44.5 Å². The number of carbonyl (C=O) groups excluding carboxylic acids is 1. The molecule has 0 rings (SSSR count). The number of carbonyl (C=O) groups is 1. The van der Waals surface area contributed by atoms with E-state index in [-0.39, 0.29) is 36.1 Å². The van der Waals surface area contributed by atoms with E-state index in [1.165, 1.54) is 0 Å². The Morgan fingerprint density at radius 2 is 2.29 bits per heavy atom. The second-order valence-electron chi connectivity index (χ2n) is 0.667. The summed E-state index contributed by atoms with van der Waals surface area (Å²) in [7, 11) is 0. The van der Waals surface area contributed by atoms with Gasteiger partial charge in [-0.05, 0) is 0 Å². The van der Waals surface area contributed by atoms with Gasteiger partial charge in [0.15, 0.2) is 0 Å². The van der Waals surface area contributed by atoms with E-state index in [0.717, 1.165) is 0 Å². The van der Waals surface area contributed by atoms with Gasteiger partial charge in [-0.15, -0.1) is 0 Å². The van der Waals surface area contributed by atoms with Gasteiger partial charge in [0.25, 0.3) is 0 Å². The van der Waals surface area contributed by atoms with Crippen molar-refractivity contribution in [2.24, 2.45) is 5.73 Å². The Kier molecular flexibility index (Phi) is 9.48. The summed E-state index contributed by atoms with van der Waals surface area (Å²) in [6.45, 7) is -0.281. The molecule has 36 valence electrons. The monoisotopic (exact) mass is 114 g/mol. The predicted molar refractivity (Wildman–Crippen MR) is 17.8 cm³/mol. The van der Waals surface area contributed by atoms with Gasteiger partial charge in [0.2, 0.25) is 0 Å². The molecule has 0 bridgehead atoms. The second-order valence-corrected chi connectivity index (χ2v) is 0.667. The molecule has 0 fully saturated rings. The van der Waals surface area contributed by atoms with Crippen LogP contribution in [0.2, 0.25) is 0 Å². The summed E-state index contributed by atoms with van der Waals surface area (Å²) in [5.41, 5.74) is 4.65. The Morgan fingerprint density at radius 1 is 1.86 bits per heavy atom. The van der Waals surface area contributed by atoms with E-state index in [9.17, 15) is 4.79 Å². The topological polar surface area (TPSA) is 72.6 Å². The minimum atomic E-state index is -0.824. The Hall–Kier alpha value is 0.390. The Bertz CT molecular complexity index is 50.9. The second kappa shape index (κ2) is 6.39. The Labute approximate surface area is 62.9 Å². The molecule has 7 heavy (non-hydrogen) atoms. The molecule has 0 saturated heterocycles. The summed E-state index contributed by atoms with van der Waals surface area (Å²) >= 11 is 0. The van der Waals surface area contributed by atoms with E-state index in [1.807, 2.05) is 0 Å². The van der Waals surface area contributed by atoms with Crippen molar-refractivity contribution in [1.29, 1.82) is 0 Å². The summed E-state index contributed by atoms with van der Waals surface area (Å²) in [6.07, 6.45) is 0. The molecule has 5 heteroatoms. The van der Waals surface area contributed by atoms with Crippen LogP contribution in [0.15, 0.2) is 0 Å². The molecule has 0 aliphatic rings. The van der Waals surface area contributed by atoms with Crippen LogP contribution >= 0.6 is 0 Å². The van der Waals surface area contributed by atoms with Crippen LogP contribution in [0, 0.1) is 0 Å². The summed E-state index contributed by atoms with van der Waals surface area (Å²) in [4.78, 5) is 12.7. The smallest absolute Gasteiger partial charge is 0.321 e. The first-order valence-corrected chi connectivity index (χ1v) is 1.35. The summed E-state index contributed by atoms with van der Waals surface area (Å²) < 4.78 is 0. The molecule has 0 radical (unpaired) electrons. The van der Waals surface area contributed by atoms with Crippen LogP contribution < -0.4 is 35.3 Å². The molecule has 4 nitrogen and oxygen atoms in total. The average Bonchev–Trinajstić information content (AvgIpc) is 1.65. The molecule has 0 unspecified atom stereocenters. The van der Waals surface area contributed by atoms with E-state index >= 15 is 0 Å². The number of nitrogens with two attached hydrogens (primary N) is 1. The molecule has 0 saturated carbocycles. The van der Waals surface area contributed by atoms with Gasteiger partial charge in [-0.2, -0.15) is 5.26 Å². The molecule has 0 aliphatic heterocycles. The third-order valence-corrected chi connectivity index (χ3v) is 0.268. The molecule has 3 N–H and O–H groups in total. The first-order chi connectivity index (χ1) is 2.81. The average molecular weight is 114 g/mol. The van der Waals surface area contributed by atoms with Crippen molar-refractivity contribution in [1.82, 2.24) is 0 Å². The van der Waals surface area contributed by atoms with Crippen LogP contribution in [-0.4, -0.2) is 17.8 Å². The molecule has 0 amide bonds. The molecule has 0 atom stereocenters.